The van der Waals surface area contributed by atoms with Crippen LogP contribution in [0.25, 0.3) is 10.6 Å². The van der Waals surface area contributed by atoms with Gasteiger partial charge in [0.25, 0.3) is 5.91 Å². The van der Waals surface area contributed by atoms with Crippen LogP contribution in [0, 0.1) is 13.8 Å². The molecule has 0 saturated heterocycles. The SMILES string of the molecule is Cc1nn(C)c(C)c1-c1nc(C(=O)NC2CC2)cs1. The molecular weight excluding hydrogens is 260 g/mol. The first-order valence-electron chi connectivity index (χ1n) is 6.33. The van der Waals surface area contributed by atoms with Crippen molar-refractivity contribution in [2.45, 2.75) is 32.7 Å². The summed E-state index contributed by atoms with van der Waals surface area (Å²) >= 11 is 1.49. The number of aromatic nitrogens is 3. The normalized spacial score (nSPS) is 14.7. The highest BCUT2D eigenvalue weighted by Gasteiger charge is 2.25. The van der Waals surface area contributed by atoms with Crippen molar-refractivity contribution in [2.24, 2.45) is 7.05 Å². The summed E-state index contributed by atoms with van der Waals surface area (Å²) in [6.45, 7) is 3.98. The van der Waals surface area contributed by atoms with E-state index in [0.29, 0.717) is 11.7 Å². The van der Waals surface area contributed by atoms with E-state index < -0.39 is 0 Å². The fourth-order valence-electron chi connectivity index (χ4n) is 2.06. The molecule has 0 atom stereocenters. The molecule has 1 N–H and O–H groups in total. The molecular formula is C13H16N4OS. The van der Waals surface area contributed by atoms with Gasteiger partial charge in [0.15, 0.2) is 0 Å². The van der Waals surface area contributed by atoms with Gasteiger partial charge in [-0.1, -0.05) is 0 Å². The van der Waals surface area contributed by atoms with Gasteiger partial charge in [0.2, 0.25) is 0 Å². The zero-order chi connectivity index (χ0) is 13.6. The minimum Gasteiger partial charge on any atom is -0.348 e. The number of rotatable bonds is 3. The minimum absolute atomic E-state index is 0.0656. The third-order valence-electron chi connectivity index (χ3n) is 3.37. The van der Waals surface area contributed by atoms with Gasteiger partial charge in [-0.15, -0.1) is 11.3 Å². The van der Waals surface area contributed by atoms with E-state index in [2.05, 4.69) is 15.4 Å². The summed E-state index contributed by atoms with van der Waals surface area (Å²) in [6.07, 6.45) is 2.17. The zero-order valence-electron chi connectivity index (χ0n) is 11.2. The highest BCUT2D eigenvalue weighted by molar-refractivity contribution is 7.13. The van der Waals surface area contributed by atoms with Crippen molar-refractivity contribution >= 4 is 17.2 Å². The summed E-state index contributed by atoms with van der Waals surface area (Å²) in [7, 11) is 1.92. The number of aryl methyl sites for hydroxylation is 2. The number of carbonyl (C=O) groups excluding carboxylic acids is 1. The first-order chi connectivity index (χ1) is 9.06. The van der Waals surface area contributed by atoms with Gasteiger partial charge in [0.05, 0.1) is 11.3 Å². The fraction of sp³-hybridized carbons (Fsp3) is 0.462. The Morgan fingerprint density at radius 1 is 1.47 bits per heavy atom. The number of nitrogens with zero attached hydrogens (tertiary/aromatic N) is 3. The summed E-state index contributed by atoms with van der Waals surface area (Å²) in [5.41, 5.74) is 3.57. The first-order valence-corrected chi connectivity index (χ1v) is 7.21. The Kier molecular flexibility index (Phi) is 2.89. The molecule has 1 fully saturated rings. The van der Waals surface area contributed by atoms with Crippen LogP contribution in [0.5, 0.6) is 0 Å². The van der Waals surface area contributed by atoms with Crippen LogP contribution in [-0.2, 0) is 7.05 Å². The lowest BCUT2D eigenvalue weighted by molar-refractivity contribution is 0.0947. The molecule has 0 aliphatic heterocycles. The number of carbonyl (C=O) groups is 1. The maximum Gasteiger partial charge on any atom is 0.270 e. The molecule has 6 heteroatoms. The van der Waals surface area contributed by atoms with Gasteiger partial charge in [0, 0.05) is 24.2 Å². The van der Waals surface area contributed by atoms with Crippen LogP contribution in [0.2, 0.25) is 0 Å². The van der Waals surface area contributed by atoms with Gasteiger partial charge in [-0.25, -0.2) is 4.98 Å². The zero-order valence-corrected chi connectivity index (χ0v) is 12.0. The van der Waals surface area contributed by atoms with Gasteiger partial charge >= 0.3 is 0 Å². The van der Waals surface area contributed by atoms with E-state index in [9.17, 15) is 4.79 Å². The number of nitrogens with one attached hydrogen (secondary N) is 1. The van der Waals surface area contributed by atoms with E-state index in [0.717, 1.165) is 34.8 Å². The molecule has 0 radical (unpaired) electrons. The van der Waals surface area contributed by atoms with Crippen LogP contribution in [0.4, 0.5) is 0 Å². The van der Waals surface area contributed by atoms with Gasteiger partial charge < -0.3 is 5.32 Å². The van der Waals surface area contributed by atoms with Gasteiger partial charge in [-0.05, 0) is 26.7 Å². The van der Waals surface area contributed by atoms with E-state index >= 15 is 0 Å². The maximum atomic E-state index is 11.9. The second-order valence-electron chi connectivity index (χ2n) is 4.96. The number of hydrogen-bond acceptors (Lipinski definition) is 4. The molecule has 1 saturated carbocycles. The minimum atomic E-state index is -0.0656. The fourth-order valence-corrected chi connectivity index (χ4v) is 3.01. The molecule has 0 bridgehead atoms. The largest absolute Gasteiger partial charge is 0.348 e. The van der Waals surface area contributed by atoms with Gasteiger partial charge in [-0.3, -0.25) is 9.48 Å². The van der Waals surface area contributed by atoms with Crippen LogP contribution in [0.15, 0.2) is 5.38 Å². The predicted octanol–water partition coefficient (Wildman–Crippen LogP) is 2.05. The van der Waals surface area contributed by atoms with Gasteiger partial charge in [-0.2, -0.15) is 5.10 Å². The quantitative estimate of drug-likeness (QED) is 0.933. The second-order valence-corrected chi connectivity index (χ2v) is 5.81. The average Bonchev–Trinajstić information content (AvgIpc) is 2.96. The van der Waals surface area contributed by atoms with Crippen LogP contribution in [0.1, 0.15) is 34.7 Å². The van der Waals surface area contributed by atoms with Crippen molar-refractivity contribution in [1.82, 2.24) is 20.1 Å². The third-order valence-corrected chi connectivity index (χ3v) is 4.23. The van der Waals surface area contributed by atoms with Crippen LogP contribution in [0.3, 0.4) is 0 Å². The van der Waals surface area contributed by atoms with Crippen molar-refractivity contribution in [3.8, 4) is 10.6 Å². The number of amides is 1. The molecule has 19 heavy (non-hydrogen) atoms. The van der Waals surface area contributed by atoms with Crippen LogP contribution >= 0.6 is 11.3 Å². The maximum absolute atomic E-state index is 11.9. The molecule has 2 aromatic rings. The molecule has 0 spiro atoms. The Bertz CT molecular complexity index is 639. The van der Waals surface area contributed by atoms with E-state index in [1.807, 2.05) is 31.0 Å². The van der Waals surface area contributed by atoms with E-state index in [1.165, 1.54) is 11.3 Å². The monoisotopic (exact) mass is 276 g/mol. The lowest BCUT2D eigenvalue weighted by Crippen LogP contribution is -2.25. The summed E-state index contributed by atoms with van der Waals surface area (Å²) < 4.78 is 1.84. The van der Waals surface area contributed by atoms with E-state index in [-0.39, 0.29) is 5.91 Å². The predicted molar refractivity (Wildman–Crippen MR) is 74.3 cm³/mol. The molecule has 1 aliphatic rings. The lowest BCUT2D eigenvalue weighted by atomic mass is 10.2. The summed E-state index contributed by atoms with van der Waals surface area (Å²) in [5.74, 6) is -0.0656. The van der Waals surface area contributed by atoms with Crippen molar-refractivity contribution < 1.29 is 4.79 Å². The number of thiazole rings is 1. The van der Waals surface area contributed by atoms with Crippen molar-refractivity contribution in [1.29, 1.82) is 0 Å². The lowest BCUT2D eigenvalue weighted by Gasteiger charge is -1.99. The standard InChI is InChI=1S/C13H16N4OS/c1-7-11(8(2)17(3)16-7)13-15-10(6-19-13)12(18)14-9-4-5-9/h6,9H,4-5H2,1-3H3,(H,14,18). The molecule has 3 rings (SSSR count). The van der Waals surface area contributed by atoms with E-state index in [1.54, 1.807) is 0 Å². The Morgan fingerprint density at radius 3 is 2.79 bits per heavy atom. The Hall–Kier alpha value is -1.69. The van der Waals surface area contributed by atoms with E-state index in [4.69, 9.17) is 0 Å². The molecule has 0 unspecified atom stereocenters. The highest BCUT2D eigenvalue weighted by atomic mass is 32.1. The second kappa shape index (κ2) is 4.45. The van der Waals surface area contributed by atoms with Gasteiger partial charge in [0.1, 0.15) is 10.7 Å². The highest BCUT2D eigenvalue weighted by Crippen LogP contribution is 2.29. The Labute approximate surface area is 115 Å². The molecule has 2 aromatic heterocycles. The average molecular weight is 276 g/mol. The molecule has 1 aliphatic carbocycles. The molecule has 2 heterocycles. The summed E-state index contributed by atoms with van der Waals surface area (Å²) in [5, 5.41) is 10.0. The van der Waals surface area contributed by atoms with Crippen LogP contribution in [-0.4, -0.2) is 26.7 Å². The topological polar surface area (TPSA) is 59.8 Å². The summed E-state index contributed by atoms with van der Waals surface area (Å²) in [4.78, 5) is 16.4. The van der Waals surface area contributed by atoms with Crippen molar-refractivity contribution in [3.63, 3.8) is 0 Å². The van der Waals surface area contributed by atoms with Crippen molar-refractivity contribution in [3.05, 3.63) is 22.5 Å². The number of hydrogen-bond donors (Lipinski definition) is 1. The van der Waals surface area contributed by atoms with Crippen LogP contribution < -0.4 is 5.32 Å². The third kappa shape index (κ3) is 2.28. The molecule has 100 valence electrons. The Morgan fingerprint density at radius 2 is 2.21 bits per heavy atom. The smallest absolute Gasteiger partial charge is 0.270 e. The first kappa shape index (κ1) is 12.3. The van der Waals surface area contributed by atoms with Crippen molar-refractivity contribution in [2.75, 3.05) is 0 Å². The molecule has 5 nitrogen and oxygen atoms in total. The Balaban J connectivity index is 1.89. The molecule has 1 amide bonds. The molecule has 0 aromatic carbocycles. The summed E-state index contributed by atoms with van der Waals surface area (Å²) in [6, 6.07) is 0.361.